The number of fused-ring (bicyclic) bond motifs is 1. The monoisotopic (exact) mass is 371 g/mol. The lowest BCUT2D eigenvalue weighted by Gasteiger charge is -2.16. The molecule has 27 heavy (non-hydrogen) atoms. The molecule has 5 nitrogen and oxygen atoms in total. The van der Waals surface area contributed by atoms with Crippen LogP contribution >= 0.6 is 0 Å². The van der Waals surface area contributed by atoms with Crippen molar-refractivity contribution in [1.82, 2.24) is 14.8 Å². The standard InChI is InChI=1S/C22H33N3O2/c1-2-26-11-12-27-21-7-10-25(17-21)15-18-5-6-22-19(13-18)14-20(23-22)16-24-8-3-4-9-24/h5-6,13-14,21,23H,2-4,7-12,15-17H2,1H3/t21-/m1/s1. The van der Waals surface area contributed by atoms with Gasteiger partial charge in [-0.25, -0.2) is 0 Å². The number of aromatic amines is 1. The Bertz CT molecular complexity index is 723. The second-order valence-corrected chi connectivity index (χ2v) is 7.91. The van der Waals surface area contributed by atoms with E-state index in [0.29, 0.717) is 19.3 Å². The molecule has 0 amide bonds. The van der Waals surface area contributed by atoms with Gasteiger partial charge in [0.1, 0.15) is 0 Å². The van der Waals surface area contributed by atoms with Crippen molar-refractivity contribution in [2.75, 3.05) is 46.0 Å². The second kappa shape index (κ2) is 9.20. The van der Waals surface area contributed by atoms with Crippen molar-refractivity contribution in [2.24, 2.45) is 0 Å². The van der Waals surface area contributed by atoms with Gasteiger partial charge >= 0.3 is 0 Å². The molecule has 2 fully saturated rings. The van der Waals surface area contributed by atoms with E-state index in [9.17, 15) is 0 Å². The minimum atomic E-state index is 0.355. The maximum atomic E-state index is 5.93. The van der Waals surface area contributed by atoms with E-state index in [-0.39, 0.29) is 0 Å². The zero-order chi connectivity index (χ0) is 18.5. The number of nitrogens with one attached hydrogen (secondary N) is 1. The number of benzene rings is 1. The van der Waals surface area contributed by atoms with Crippen molar-refractivity contribution in [3.05, 3.63) is 35.5 Å². The van der Waals surface area contributed by atoms with Crippen LogP contribution in [0.4, 0.5) is 0 Å². The molecule has 4 rings (SSSR count). The van der Waals surface area contributed by atoms with Crippen LogP contribution in [0.3, 0.4) is 0 Å². The van der Waals surface area contributed by atoms with E-state index in [0.717, 1.165) is 39.2 Å². The summed E-state index contributed by atoms with van der Waals surface area (Å²) in [5.74, 6) is 0. The van der Waals surface area contributed by atoms with E-state index in [2.05, 4.69) is 39.0 Å². The number of ether oxygens (including phenoxy) is 2. The number of H-pyrrole nitrogens is 1. The van der Waals surface area contributed by atoms with Crippen LogP contribution in [0.2, 0.25) is 0 Å². The summed E-state index contributed by atoms with van der Waals surface area (Å²) in [6.45, 7) is 10.9. The van der Waals surface area contributed by atoms with Gasteiger partial charge < -0.3 is 14.5 Å². The van der Waals surface area contributed by atoms with Crippen molar-refractivity contribution < 1.29 is 9.47 Å². The Hall–Kier alpha value is -1.40. The third-order valence-corrected chi connectivity index (χ3v) is 5.75. The van der Waals surface area contributed by atoms with E-state index >= 15 is 0 Å². The summed E-state index contributed by atoms with van der Waals surface area (Å²) < 4.78 is 11.3. The van der Waals surface area contributed by atoms with Gasteiger partial charge in [0.15, 0.2) is 0 Å². The van der Waals surface area contributed by atoms with Gasteiger partial charge in [-0.3, -0.25) is 9.80 Å². The SMILES string of the molecule is CCOCCO[C@@H]1CCN(Cc2ccc3[nH]c(CN4CCCC4)cc3c2)C1. The van der Waals surface area contributed by atoms with Gasteiger partial charge in [0.2, 0.25) is 0 Å². The lowest BCUT2D eigenvalue weighted by atomic mass is 10.1. The van der Waals surface area contributed by atoms with Gasteiger partial charge in [0, 0.05) is 49.4 Å². The van der Waals surface area contributed by atoms with Gasteiger partial charge in [-0.2, -0.15) is 0 Å². The average Bonchev–Trinajstić information content (AvgIpc) is 3.40. The average molecular weight is 372 g/mol. The van der Waals surface area contributed by atoms with E-state index in [4.69, 9.17) is 9.47 Å². The first-order valence-electron chi connectivity index (χ1n) is 10.5. The lowest BCUT2D eigenvalue weighted by Crippen LogP contribution is -2.24. The van der Waals surface area contributed by atoms with Crippen molar-refractivity contribution >= 4 is 10.9 Å². The maximum Gasteiger partial charge on any atom is 0.0715 e. The Morgan fingerprint density at radius 2 is 1.93 bits per heavy atom. The topological polar surface area (TPSA) is 40.7 Å². The van der Waals surface area contributed by atoms with Crippen LogP contribution in [0, 0.1) is 0 Å². The predicted octanol–water partition coefficient (Wildman–Crippen LogP) is 3.39. The van der Waals surface area contributed by atoms with E-state index < -0.39 is 0 Å². The largest absolute Gasteiger partial charge is 0.379 e. The summed E-state index contributed by atoms with van der Waals surface area (Å²) in [4.78, 5) is 8.64. The molecule has 1 atom stereocenters. The van der Waals surface area contributed by atoms with E-state index in [1.54, 1.807) is 0 Å². The van der Waals surface area contributed by atoms with Crippen LogP contribution in [0.25, 0.3) is 10.9 Å². The number of nitrogens with zero attached hydrogens (tertiary/aromatic N) is 2. The minimum Gasteiger partial charge on any atom is -0.379 e. The summed E-state index contributed by atoms with van der Waals surface area (Å²) >= 11 is 0. The highest BCUT2D eigenvalue weighted by atomic mass is 16.5. The molecule has 0 bridgehead atoms. The Labute approximate surface area is 162 Å². The van der Waals surface area contributed by atoms with Crippen molar-refractivity contribution in [3.63, 3.8) is 0 Å². The fraction of sp³-hybridized carbons (Fsp3) is 0.636. The molecule has 0 aliphatic carbocycles. The van der Waals surface area contributed by atoms with E-state index in [1.807, 2.05) is 6.92 Å². The lowest BCUT2D eigenvalue weighted by molar-refractivity contribution is 0.0117. The number of rotatable bonds is 9. The van der Waals surface area contributed by atoms with Gasteiger partial charge in [-0.15, -0.1) is 0 Å². The molecule has 5 heteroatoms. The molecular formula is C22H33N3O2. The van der Waals surface area contributed by atoms with Crippen LogP contribution in [-0.2, 0) is 22.6 Å². The summed E-state index contributed by atoms with van der Waals surface area (Å²) in [6.07, 6.45) is 4.17. The normalized spacial score (nSPS) is 21.6. The van der Waals surface area contributed by atoms with Crippen LogP contribution < -0.4 is 0 Å². The molecule has 148 valence electrons. The first-order chi connectivity index (χ1) is 13.3. The van der Waals surface area contributed by atoms with Crippen LogP contribution in [0.5, 0.6) is 0 Å². The molecule has 2 aromatic rings. The van der Waals surface area contributed by atoms with Crippen LogP contribution in [0.15, 0.2) is 24.3 Å². The van der Waals surface area contributed by atoms with Gasteiger partial charge in [-0.1, -0.05) is 6.07 Å². The quantitative estimate of drug-likeness (QED) is 0.686. The Morgan fingerprint density at radius 1 is 1.04 bits per heavy atom. The second-order valence-electron chi connectivity index (χ2n) is 7.91. The highest BCUT2D eigenvalue weighted by molar-refractivity contribution is 5.81. The Balaban J connectivity index is 1.30. The van der Waals surface area contributed by atoms with Gasteiger partial charge in [0.25, 0.3) is 0 Å². The predicted molar refractivity (Wildman–Crippen MR) is 109 cm³/mol. The molecule has 2 aliphatic rings. The van der Waals surface area contributed by atoms with Crippen LogP contribution in [0.1, 0.15) is 37.4 Å². The van der Waals surface area contributed by atoms with E-state index in [1.165, 1.54) is 48.1 Å². The third-order valence-electron chi connectivity index (χ3n) is 5.75. The van der Waals surface area contributed by atoms with Crippen molar-refractivity contribution in [3.8, 4) is 0 Å². The third kappa shape index (κ3) is 5.11. The fourth-order valence-corrected chi connectivity index (χ4v) is 4.36. The summed E-state index contributed by atoms with van der Waals surface area (Å²) in [5.41, 5.74) is 3.99. The molecule has 0 radical (unpaired) electrons. The molecule has 0 saturated carbocycles. The number of aromatic nitrogens is 1. The molecule has 1 aromatic heterocycles. The minimum absolute atomic E-state index is 0.355. The maximum absolute atomic E-state index is 5.93. The summed E-state index contributed by atoms with van der Waals surface area (Å²) in [6, 6.07) is 9.19. The first kappa shape index (κ1) is 18.9. The first-order valence-corrected chi connectivity index (χ1v) is 10.5. The van der Waals surface area contributed by atoms with Gasteiger partial charge in [-0.05, 0) is 63.0 Å². The fourth-order valence-electron chi connectivity index (χ4n) is 4.36. The molecule has 3 heterocycles. The molecule has 0 unspecified atom stereocenters. The molecule has 1 N–H and O–H groups in total. The smallest absolute Gasteiger partial charge is 0.0715 e. The molecule has 1 aromatic carbocycles. The zero-order valence-corrected chi connectivity index (χ0v) is 16.6. The number of hydrogen-bond donors (Lipinski definition) is 1. The molecule has 2 saturated heterocycles. The molecule has 0 spiro atoms. The van der Waals surface area contributed by atoms with Crippen LogP contribution in [-0.4, -0.2) is 66.9 Å². The Morgan fingerprint density at radius 3 is 2.78 bits per heavy atom. The highest BCUT2D eigenvalue weighted by Gasteiger charge is 2.23. The summed E-state index contributed by atoms with van der Waals surface area (Å²) in [7, 11) is 0. The summed E-state index contributed by atoms with van der Waals surface area (Å²) in [5, 5.41) is 1.34. The van der Waals surface area contributed by atoms with Crippen molar-refractivity contribution in [1.29, 1.82) is 0 Å². The number of likely N-dealkylation sites (tertiary alicyclic amines) is 2. The zero-order valence-electron chi connectivity index (χ0n) is 16.6. The van der Waals surface area contributed by atoms with Crippen molar-refractivity contribution in [2.45, 2.75) is 45.4 Å². The van der Waals surface area contributed by atoms with Gasteiger partial charge in [0.05, 0.1) is 19.3 Å². The number of hydrogen-bond acceptors (Lipinski definition) is 4. The molecular weight excluding hydrogens is 338 g/mol. The highest BCUT2D eigenvalue weighted by Crippen LogP contribution is 2.22. The Kier molecular flexibility index (Phi) is 6.45. The molecule has 2 aliphatic heterocycles.